The average molecular weight is 268 g/mol. The number of hydrogen-bond donors (Lipinski definition) is 1. The van der Waals surface area contributed by atoms with E-state index in [-0.39, 0.29) is 0 Å². The first kappa shape index (κ1) is 14.8. The Hall–Kier alpha value is -1.64. The van der Waals surface area contributed by atoms with Crippen LogP contribution >= 0.6 is 0 Å². The van der Waals surface area contributed by atoms with E-state index in [4.69, 9.17) is 5.73 Å². The highest BCUT2D eigenvalue weighted by molar-refractivity contribution is 5.34. The van der Waals surface area contributed by atoms with Gasteiger partial charge in [-0.3, -0.25) is 0 Å². The first-order chi connectivity index (χ1) is 9.77. The predicted octanol–water partition coefficient (Wildman–Crippen LogP) is 3.10. The molecule has 2 aromatic carbocycles. The molecular weight excluding hydrogens is 244 g/mol. The van der Waals surface area contributed by atoms with Gasteiger partial charge in [0.15, 0.2) is 0 Å². The summed E-state index contributed by atoms with van der Waals surface area (Å²) in [4.78, 5) is 2.34. The van der Waals surface area contributed by atoms with Crippen molar-refractivity contribution in [1.29, 1.82) is 0 Å². The molecule has 0 aromatic heterocycles. The number of rotatable bonds is 6. The van der Waals surface area contributed by atoms with Crippen molar-refractivity contribution < 1.29 is 0 Å². The van der Waals surface area contributed by atoms with Gasteiger partial charge in [-0.2, -0.15) is 0 Å². The molecule has 0 spiro atoms. The molecule has 0 heterocycles. The molecule has 2 N–H and O–H groups in total. The summed E-state index contributed by atoms with van der Waals surface area (Å²) in [5.41, 5.74) is 8.74. The van der Waals surface area contributed by atoms with Crippen LogP contribution in [0.15, 0.2) is 60.7 Å². The molecule has 0 aliphatic heterocycles. The quantitative estimate of drug-likeness (QED) is 0.872. The number of nitrogens with zero attached hydrogens (tertiary/aromatic N) is 1. The molecule has 20 heavy (non-hydrogen) atoms. The van der Waals surface area contributed by atoms with E-state index in [0.717, 1.165) is 6.54 Å². The molecular formula is C18H24N2. The molecule has 0 aliphatic carbocycles. The van der Waals surface area contributed by atoms with Crippen LogP contribution in [0.4, 0.5) is 0 Å². The van der Waals surface area contributed by atoms with Crippen molar-refractivity contribution in [3.63, 3.8) is 0 Å². The van der Waals surface area contributed by atoms with Crippen molar-refractivity contribution in [1.82, 2.24) is 4.90 Å². The fourth-order valence-electron chi connectivity index (χ4n) is 2.76. The highest BCUT2D eigenvalue weighted by Gasteiger charge is 2.26. The Labute approximate surface area is 122 Å². The Kier molecular flexibility index (Phi) is 5.33. The van der Waals surface area contributed by atoms with E-state index < -0.39 is 0 Å². The van der Waals surface area contributed by atoms with E-state index >= 15 is 0 Å². The fourth-order valence-corrected chi connectivity index (χ4v) is 2.76. The van der Waals surface area contributed by atoms with Gasteiger partial charge in [-0.25, -0.2) is 0 Å². The lowest BCUT2D eigenvalue weighted by atomic mass is 9.84. The zero-order valence-electron chi connectivity index (χ0n) is 12.4. The zero-order chi connectivity index (χ0) is 14.4. The molecule has 2 aromatic rings. The SMILES string of the molecule is CCN(C)C(CN)C(c1ccccc1)c1ccccc1. The lowest BCUT2D eigenvalue weighted by molar-refractivity contribution is 0.239. The molecule has 0 amide bonds. The second kappa shape index (κ2) is 7.22. The molecule has 0 saturated heterocycles. The minimum absolute atomic E-state index is 0.310. The molecule has 1 unspecified atom stereocenters. The third-order valence-electron chi connectivity index (χ3n) is 4.01. The maximum Gasteiger partial charge on any atom is 0.0324 e. The molecule has 2 heteroatoms. The maximum absolute atomic E-state index is 6.08. The van der Waals surface area contributed by atoms with Gasteiger partial charge in [-0.15, -0.1) is 0 Å². The van der Waals surface area contributed by atoms with Gasteiger partial charge in [0.2, 0.25) is 0 Å². The van der Waals surface area contributed by atoms with E-state index in [1.54, 1.807) is 0 Å². The summed E-state index contributed by atoms with van der Waals surface area (Å²) in [6.45, 7) is 3.83. The Morgan fingerprint density at radius 2 is 1.35 bits per heavy atom. The van der Waals surface area contributed by atoms with E-state index in [1.165, 1.54) is 11.1 Å². The van der Waals surface area contributed by atoms with E-state index in [2.05, 4.69) is 79.5 Å². The molecule has 0 bridgehead atoms. The minimum Gasteiger partial charge on any atom is -0.329 e. The zero-order valence-corrected chi connectivity index (χ0v) is 12.4. The number of benzene rings is 2. The Morgan fingerprint density at radius 3 is 1.70 bits per heavy atom. The summed E-state index contributed by atoms with van der Waals surface area (Å²) in [7, 11) is 2.15. The van der Waals surface area contributed by atoms with Gasteiger partial charge in [-0.05, 0) is 24.7 Å². The summed E-state index contributed by atoms with van der Waals surface area (Å²) in [5, 5.41) is 0. The van der Waals surface area contributed by atoms with Gasteiger partial charge in [0.25, 0.3) is 0 Å². The minimum atomic E-state index is 0.310. The van der Waals surface area contributed by atoms with Crippen molar-refractivity contribution in [3.8, 4) is 0 Å². The summed E-state index contributed by atoms with van der Waals surface area (Å²) in [5.74, 6) is 0.312. The molecule has 2 nitrogen and oxygen atoms in total. The fraction of sp³-hybridized carbons (Fsp3) is 0.333. The average Bonchev–Trinajstić information content (AvgIpc) is 2.53. The predicted molar refractivity (Wildman–Crippen MR) is 85.9 cm³/mol. The third-order valence-corrected chi connectivity index (χ3v) is 4.01. The monoisotopic (exact) mass is 268 g/mol. The third kappa shape index (κ3) is 3.27. The highest BCUT2D eigenvalue weighted by Crippen LogP contribution is 2.29. The molecule has 0 aliphatic rings. The normalized spacial score (nSPS) is 12.8. The van der Waals surface area contributed by atoms with Gasteiger partial charge < -0.3 is 10.6 Å². The number of hydrogen-bond acceptors (Lipinski definition) is 2. The maximum atomic E-state index is 6.08. The van der Waals surface area contributed by atoms with Crippen LogP contribution in [0.3, 0.4) is 0 Å². The van der Waals surface area contributed by atoms with Crippen LogP contribution in [0, 0.1) is 0 Å². The topological polar surface area (TPSA) is 29.3 Å². The van der Waals surface area contributed by atoms with E-state index in [9.17, 15) is 0 Å². The van der Waals surface area contributed by atoms with Crippen molar-refractivity contribution in [2.45, 2.75) is 18.9 Å². The van der Waals surface area contributed by atoms with Gasteiger partial charge in [0.1, 0.15) is 0 Å². The van der Waals surface area contributed by atoms with E-state index in [0.29, 0.717) is 18.5 Å². The molecule has 0 fully saturated rings. The molecule has 106 valence electrons. The van der Waals surface area contributed by atoms with Gasteiger partial charge in [0.05, 0.1) is 0 Å². The Balaban J connectivity index is 2.44. The summed E-state index contributed by atoms with van der Waals surface area (Å²) >= 11 is 0. The van der Waals surface area contributed by atoms with Crippen LogP contribution in [-0.2, 0) is 0 Å². The summed E-state index contributed by atoms with van der Waals surface area (Å²) < 4.78 is 0. The van der Waals surface area contributed by atoms with Gasteiger partial charge >= 0.3 is 0 Å². The van der Waals surface area contributed by atoms with Crippen LogP contribution < -0.4 is 5.73 Å². The summed E-state index contributed by atoms with van der Waals surface area (Å²) in [6.07, 6.45) is 0. The highest BCUT2D eigenvalue weighted by atomic mass is 15.1. The van der Waals surface area contributed by atoms with Gasteiger partial charge in [0, 0.05) is 18.5 Å². The second-order valence-corrected chi connectivity index (χ2v) is 5.18. The van der Waals surface area contributed by atoms with Crippen LogP contribution in [0.25, 0.3) is 0 Å². The van der Waals surface area contributed by atoms with Crippen molar-refractivity contribution in [2.24, 2.45) is 5.73 Å². The number of nitrogens with two attached hydrogens (primary N) is 1. The number of likely N-dealkylation sites (N-methyl/N-ethyl adjacent to an activating group) is 1. The largest absolute Gasteiger partial charge is 0.329 e. The Bertz CT molecular complexity index is 456. The smallest absolute Gasteiger partial charge is 0.0324 e. The molecule has 1 atom stereocenters. The van der Waals surface area contributed by atoms with E-state index in [1.807, 2.05) is 0 Å². The lowest BCUT2D eigenvalue weighted by Crippen LogP contribution is -2.42. The molecule has 0 saturated carbocycles. The first-order valence-electron chi connectivity index (χ1n) is 7.28. The molecule has 2 rings (SSSR count). The van der Waals surface area contributed by atoms with Crippen molar-refractivity contribution in [3.05, 3.63) is 71.8 Å². The Morgan fingerprint density at radius 1 is 0.900 bits per heavy atom. The van der Waals surface area contributed by atoms with Crippen LogP contribution in [0.1, 0.15) is 24.0 Å². The lowest BCUT2D eigenvalue weighted by Gasteiger charge is -2.34. The van der Waals surface area contributed by atoms with Gasteiger partial charge in [-0.1, -0.05) is 67.6 Å². The van der Waals surface area contributed by atoms with Crippen LogP contribution in [-0.4, -0.2) is 31.1 Å². The molecule has 0 radical (unpaired) electrons. The van der Waals surface area contributed by atoms with Crippen LogP contribution in [0.2, 0.25) is 0 Å². The van der Waals surface area contributed by atoms with Crippen molar-refractivity contribution in [2.75, 3.05) is 20.1 Å². The standard InChI is InChI=1S/C18H24N2/c1-3-20(2)17(14-19)18(15-10-6-4-7-11-15)16-12-8-5-9-13-16/h4-13,17-18H,3,14,19H2,1-2H3. The summed E-state index contributed by atoms with van der Waals surface area (Å²) in [6, 6.07) is 21.6. The van der Waals surface area contributed by atoms with Crippen molar-refractivity contribution >= 4 is 0 Å². The van der Waals surface area contributed by atoms with Crippen LogP contribution in [0.5, 0.6) is 0 Å². The second-order valence-electron chi connectivity index (χ2n) is 5.18. The first-order valence-corrected chi connectivity index (χ1v) is 7.28.